The number of carbonyl (C=O) groups is 1. The van der Waals surface area contributed by atoms with Gasteiger partial charge in [0.15, 0.2) is 0 Å². The van der Waals surface area contributed by atoms with E-state index >= 15 is 0 Å². The van der Waals surface area contributed by atoms with Gasteiger partial charge in [-0.1, -0.05) is 32.0 Å². The van der Waals surface area contributed by atoms with Gasteiger partial charge in [-0.15, -0.1) is 0 Å². The molecule has 0 spiro atoms. The third-order valence-electron chi connectivity index (χ3n) is 5.73. The van der Waals surface area contributed by atoms with Crippen molar-refractivity contribution in [2.45, 2.75) is 38.1 Å². The van der Waals surface area contributed by atoms with Gasteiger partial charge in [0.25, 0.3) is 0 Å². The van der Waals surface area contributed by atoms with Gasteiger partial charge >= 0.3 is 0 Å². The first kappa shape index (κ1) is 20.3. The zero-order valence-corrected chi connectivity index (χ0v) is 17.4. The maximum Gasteiger partial charge on any atom is 0.243 e. The second-order valence-corrected chi connectivity index (χ2v) is 10.1. The first-order valence-electron chi connectivity index (χ1n) is 9.87. The van der Waals surface area contributed by atoms with E-state index in [0.717, 1.165) is 13.1 Å². The lowest BCUT2D eigenvalue weighted by Crippen LogP contribution is -2.56. The van der Waals surface area contributed by atoms with E-state index < -0.39 is 10.0 Å². The molecular weight excluding hydrogens is 362 g/mol. The van der Waals surface area contributed by atoms with Gasteiger partial charge in [0.2, 0.25) is 15.9 Å². The molecule has 1 amide bonds. The first-order valence-corrected chi connectivity index (χ1v) is 11.3. The summed E-state index contributed by atoms with van der Waals surface area (Å²) in [4.78, 5) is 17.4. The molecule has 2 heterocycles. The third-order valence-corrected chi connectivity index (χ3v) is 7.65. The fraction of sp³-hybridized carbons (Fsp3) is 0.650. The minimum Gasteiger partial charge on any atom is -0.339 e. The van der Waals surface area contributed by atoms with Crippen molar-refractivity contribution in [3.8, 4) is 0 Å². The van der Waals surface area contributed by atoms with Gasteiger partial charge in [0, 0.05) is 39.3 Å². The van der Waals surface area contributed by atoms with Crippen molar-refractivity contribution >= 4 is 15.9 Å². The average molecular weight is 394 g/mol. The normalized spacial score (nSPS) is 26.7. The molecule has 0 saturated carbocycles. The van der Waals surface area contributed by atoms with Crippen molar-refractivity contribution in [1.82, 2.24) is 14.1 Å². The summed E-state index contributed by atoms with van der Waals surface area (Å²) in [7, 11) is -3.48. The van der Waals surface area contributed by atoms with Gasteiger partial charge in [-0.25, -0.2) is 8.42 Å². The molecule has 3 rings (SSSR count). The van der Waals surface area contributed by atoms with Gasteiger partial charge in [-0.2, -0.15) is 4.31 Å². The van der Waals surface area contributed by atoms with Crippen molar-refractivity contribution < 1.29 is 13.2 Å². The Morgan fingerprint density at radius 3 is 2.11 bits per heavy atom. The summed E-state index contributed by atoms with van der Waals surface area (Å²) < 4.78 is 27.0. The number of sulfonamides is 1. The first-order chi connectivity index (χ1) is 12.8. The standard InChI is InChI=1S/C20H31N3O3S/c1-16-13-17(2)15-22(14-16)18(3)20(24)21-9-11-23(12-10-21)27(25,26)19-7-5-4-6-8-19/h4-8,16-18H,9-15H2,1-3H3. The molecule has 3 unspecified atom stereocenters. The highest BCUT2D eigenvalue weighted by atomic mass is 32.2. The fourth-order valence-electron chi connectivity index (χ4n) is 4.34. The molecule has 0 radical (unpaired) electrons. The van der Waals surface area contributed by atoms with Crippen LogP contribution in [0.4, 0.5) is 0 Å². The van der Waals surface area contributed by atoms with Crippen LogP contribution >= 0.6 is 0 Å². The summed E-state index contributed by atoms with van der Waals surface area (Å²) in [5.74, 6) is 1.33. The van der Waals surface area contributed by atoms with Crippen LogP contribution < -0.4 is 0 Å². The largest absolute Gasteiger partial charge is 0.339 e. The van der Waals surface area contributed by atoms with Crippen LogP contribution in [0, 0.1) is 11.8 Å². The second kappa shape index (κ2) is 8.29. The molecule has 0 aromatic heterocycles. The van der Waals surface area contributed by atoms with E-state index in [2.05, 4.69) is 18.7 Å². The van der Waals surface area contributed by atoms with Gasteiger partial charge in [-0.05, 0) is 37.3 Å². The summed E-state index contributed by atoms with van der Waals surface area (Å²) in [5, 5.41) is 0. The van der Waals surface area contributed by atoms with E-state index in [1.807, 2.05) is 11.8 Å². The Morgan fingerprint density at radius 1 is 1.00 bits per heavy atom. The number of benzene rings is 1. The highest BCUT2D eigenvalue weighted by molar-refractivity contribution is 7.89. The lowest BCUT2D eigenvalue weighted by molar-refractivity contribution is -0.138. The molecule has 0 bridgehead atoms. The van der Waals surface area contributed by atoms with E-state index in [9.17, 15) is 13.2 Å². The Labute approximate surface area is 163 Å². The number of rotatable bonds is 4. The Balaban J connectivity index is 1.59. The molecule has 0 N–H and O–H groups in total. The molecule has 2 saturated heterocycles. The Hall–Kier alpha value is -1.44. The molecular formula is C20H31N3O3S. The molecule has 0 aliphatic carbocycles. The summed E-state index contributed by atoms with van der Waals surface area (Å²) in [6.45, 7) is 9.99. The Bertz CT molecular complexity index is 735. The zero-order chi connectivity index (χ0) is 19.6. The predicted molar refractivity (Wildman–Crippen MR) is 106 cm³/mol. The lowest BCUT2D eigenvalue weighted by atomic mass is 9.91. The minimum atomic E-state index is -3.48. The number of hydrogen-bond acceptors (Lipinski definition) is 4. The van der Waals surface area contributed by atoms with Gasteiger partial charge in [0.1, 0.15) is 0 Å². The van der Waals surface area contributed by atoms with Crippen LogP contribution in [0.15, 0.2) is 35.2 Å². The number of likely N-dealkylation sites (tertiary alicyclic amines) is 1. The maximum absolute atomic E-state index is 13.0. The van der Waals surface area contributed by atoms with Crippen LogP contribution in [-0.4, -0.2) is 73.7 Å². The zero-order valence-electron chi connectivity index (χ0n) is 16.5. The van der Waals surface area contributed by atoms with Gasteiger partial charge in [0.05, 0.1) is 10.9 Å². The van der Waals surface area contributed by atoms with Crippen molar-refractivity contribution in [3.63, 3.8) is 0 Å². The number of piperazine rings is 1. The quantitative estimate of drug-likeness (QED) is 0.784. The summed E-state index contributed by atoms with van der Waals surface area (Å²) >= 11 is 0. The third kappa shape index (κ3) is 4.52. The molecule has 2 aliphatic rings. The van der Waals surface area contributed by atoms with Gasteiger partial charge in [-0.3, -0.25) is 9.69 Å². The lowest BCUT2D eigenvalue weighted by Gasteiger charge is -2.41. The van der Waals surface area contributed by atoms with Crippen LogP contribution in [0.3, 0.4) is 0 Å². The van der Waals surface area contributed by atoms with Crippen molar-refractivity contribution in [2.75, 3.05) is 39.3 Å². The molecule has 6 nitrogen and oxygen atoms in total. The number of amides is 1. The number of piperidine rings is 1. The van der Waals surface area contributed by atoms with Crippen LogP contribution in [0.1, 0.15) is 27.2 Å². The average Bonchev–Trinajstić information content (AvgIpc) is 2.67. The molecule has 150 valence electrons. The van der Waals surface area contributed by atoms with Crippen LogP contribution in [-0.2, 0) is 14.8 Å². The van der Waals surface area contributed by atoms with E-state index in [1.165, 1.54) is 10.7 Å². The van der Waals surface area contributed by atoms with Crippen LogP contribution in [0.2, 0.25) is 0 Å². The predicted octanol–water partition coefficient (Wildman–Crippen LogP) is 1.89. The fourth-order valence-corrected chi connectivity index (χ4v) is 5.78. The van der Waals surface area contributed by atoms with Crippen LogP contribution in [0.5, 0.6) is 0 Å². The van der Waals surface area contributed by atoms with E-state index in [4.69, 9.17) is 0 Å². The number of carbonyl (C=O) groups excluding carboxylic acids is 1. The SMILES string of the molecule is CC1CC(C)CN(C(C)C(=O)N2CCN(S(=O)(=O)c3ccccc3)CC2)C1. The Morgan fingerprint density at radius 2 is 1.56 bits per heavy atom. The van der Waals surface area contributed by atoms with Crippen molar-refractivity contribution in [1.29, 1.82) is 0 Å². The number of hydrogen-bond donors (Lipinski definition) is 0. The molecule has 3 atom stereocenters. The topological polar surface area (TPSA) is 60.9 Å². The monoisotopic (exact) mass is 393 g/mol. The van der Waals surface area contributed by atoms with E-state index in [-0.39, 0.29) is 11.9 Å². The Kier molecular flexibility index (Phi) is 6.23. The molecule has 1 aromatic carbocycles. The molecule has 2 aliphatic heterocycles. The maximum atomic E-state index is 13.0. The molecule has 2 fully saturated rings. The highest BCUT2D eigenvalue weighted by Gasteiger charge is 2.34. The molecule has 27 heavy (non-hydrogen) atoms. The number of nitrogens with zero attached hydrogens (tertiary/aromatic N) is 3. The summed E-state index contributed by atoms with van der Waals surface area (Å²) in [5.41, 5.74) is 0. The van der Waals surface area contributed by atoms with Crippen molar-refractivity contribution in [2.24, 2.45) is 11.8 Å². The van der Waals surface area contributed by atoms with Gasteiger partial charge < -0.3 is 4.90 Å². The minimum absolute atomic E-state index is 0.119. The smallest absolute Gasteiger partial charge is 0.243 e. The van der Waals surface area contributed by atoms with Crippen LogP contribution in [0.25, 0.3) is 0 Å². The summed E-state index contributed by atoms with van der Waals surface area (Å²) in [6, 6.07) is 8.36. The molecule has 7 heteroatoms. The van der Waals surface area contributed by atoms with Crippen molar-refractivity contribution in [3.05, 3.63) is 30.3 Å². The second-order valence-electron chi connectivity index (χ2n) is 8.12. The summed E-state index contributed by atoms with van der Waals surface area (Å²) in [6.07, 6.45) is 1.22. The highest BCUT2D eigenvalue weighted by Crippen LogP contribution is 2.24. The molecule has 1 aromatic rings. The van der Waals surface area contributed by atoms with E-state index in [0.29, 0.717) is 42.9 Å². The van der Waals surface area contributed by atoms with E-state index in [1.54, 1.807) is 30.3 Å².